The Bertz CT molecular complexity index is 1070. The molecule has 0 aliphatic carbocycles. The number of hydrogen-bond donors (Lipinski definition) is 2. The minimum Gasteiger partial charge on any atom is -0.493 e. The van der Waals surface area contributed by atoms with Crippen LogP contribution in [0.2, 0.25) is 0 Å². The van der Waals surface area contributed by atoms with Gasteiger partial charge in [-0.1, -0.05) is 17.4 Å². The summed E-state index contributed by atoms with van der Waals surface area (Å²) in [7, 11) is -0.726. The monoisotopic (exact) mass is 519 g/mol. The van der Waals surface area contributed by atoms with Gasteiger partial charge < -0.3 is 24.6 Å². The molecule has 0 amide bonds. The van der Waals surface area contributed by atoms with Gasteiger partial charge in [0.2, 0.25) is 0 Å². The molecule has 0 fully saturated rings. The fourth-order valence-electron chi connectivity index (χ4n) is 2.84. The van der Waals surface area contributed by atoms with E-state index in [0.29, 0.717) is 23.6 Å². The first-order chi connectivity index (χ1) is 16.3. The third-order valence-electron chi connectivity index (χ3n) is 4.48. The molecule has 3 aromatic rings. The van der Waals surface area contributed by atoms with Gasteiger partial charge in [-0.3, -0.25) is 0 Å². The summed E-state index contributed by atoms with van der Waals surface area (Å²) in [4.78, 5) is 8.72. The summed E-state index contributed by atoms with van der Waals surface area (Å²) < 4.78 is 69.7. The summed E-state index contributed by atoms with van der Waals surface area (Å²) >= 11 is 1.04. The molecule has 0 spiro atoms. The molecule has 0 radical (unpaired) electrons. The number of ether oxygens (including phenoxy) is 2. The molecule has 1 aromatic heterocycles. The molecule has 1 heterocycles. The fourth-order valence-corrected chi connectivity index (χ4v) is 3.92. The molecule has 7 nitrogen and oxygen atoms in total. The van der Waals surface area contributed by atoms with Crippen LogP contribution in [0.5, 0.6) is 11.5 Å². The molecule has 0 aliphatic rings. The quantitative estimate of drug-likeness (QED) is 0.195. The molecular formula is C21H22F4N3O4PS. The first kappa shape index (κ1) is 26.2. The largest absolute Gasteiger partial charge is 0.493 e. The van der Waals surface area contributed by atoms with E-state index in [1.54, 1.807) is 6.07 Å². The van der Waals surface area contributed by atoms with Gasteiger partial charge in [-0.25, -0.2) is 4.39 Å². The van der Waals surface area contributed by atoms with Crippen LogP contribution in [0.3, 0.4) is 0 Å². The lowest BCUT2D eigenvalue weighted by atomic mass is 10.1. The minimum absolute atomic E-state index is 0.0113. The maximum absolute atomic E-state index is 13.6. The van der Waals surface area contributed by atoms with E-state index < -0.39 is 32.6 Å². The van der Waals surface area contributed by atoms with E-state index in [1.807, 2.05) is 0 Å². The van der Waals surface area contributed by atoms with E-state index in [-0.39, 0.29) is 36.1 Å². The van der Waals surface area contributed by atoms with Gasteiger partial charge in [-0.2, -0.15) is 13.2 Å². The first-order valence-corrected chi connectivity index (χ1v) is 11.8. The number of nitrogens with two attached hydrogens (primary N) is 1. The maximum atomic E-state index is 13.6. The fraction of sp³-hybridized carbons (Fsp3) is 0.333. The lowest BCUT2D eigenvalue weighted by Gasteiger charge is -2.15. The van der Waals surface area contributed by atoms with Crippen molar-refractivity contribution in [3.05, 3.63) is 58.9 Å². The average molecular weight is 519 g/mol. The number of aromatic nitrogens is 2. The zero-order valence-corrected chi connectivity index (χ0v) is 19.5. The lowest BCUT2D eigenvalue weighted by molar-refractivity contribution is -0.138. The summed E-state index contributed by atoms with van der Waals surface area (Å²) in [6.45, 7) is 0.346. The number of unbranched alkanes of at least 4 members (excludes halogenated alkanes) is 1. The Morgan fingerprint density at radius 2 is 1.82 bits per heavy atom. The first-order valence-electron chi connectivity index (χ1n) is 10.1. The highest BCUT2D eigenvalue weighted by atomic mass is 32.1. The van der Waals surface area contributed by atoms with Gasteiger partial charge in [0.15, 0.2) is 9.03 Å². The van der Waals surface area contributed by atoms with Crippen LogP contribution < -0.4 is 15.2 Å². The molecule has 3 rings (SSSR count). The highest BCUT2D eigenvalue weighted by molar-refractivity contribution is 7.24. The Hall–Kier alpha value is -2.37. The van der Waals surface area contributed by atoms with Gasteiger partial charge in [0.05, 0.1) is 31.4 Å². The van der Waals surface area contributed by atoms with Crippen LogP contribution >= 0.6 is 20.4 Å². The average Bonchev–Trinajstić information content (AvgIpc) is 3.29. The zero-order valence-electron chi connectivity index (χ0n) is 17.7. The number of benzene rings is 2. The molecule has 2 atom stereocenters. The highest BCUT2D eigenvalue weighted by Crippen LogP contribution is 2.39. The second kappa shape index (κ2) is 12.4. The predicted octanol–water partition coefficient (Wildman–Crippen LogP) is 5.12. The Labute approximate surface area is 198 Å². The van der Waals surface area contributed by atoms with Gasteiger partial charge >= 0.3 is 6.18 Å². The van der Waals surface area contributed by atoms with Crippen molar-refractivity contribution in [1.82, 2.24) is 10.2 Å². The number of nitrogens with zero attached hydrogens (tertiary/aromatic N) is 2. The summed E-state index contributed by atoms with van der Waals surface area (Å²) in [5.74, 6) is -0.313. The minimum atomic E-state index is -4.63. The van der Waals surface area contributed by atoms with Gasteiger partial charge in [0.25, 0.3) is 0 Å². The van der Waals surface area contributed by atoms with Crippen molar-refractivity contribution in [3.8, 4) is 22.1 Å². The van der Waals surface area contributed by atoms with Crippen molar-refractivity contribution in [2.24, 2.45) is 5.73 Å². The van der Waals surface area contributed by atoms with Crippen LogP contribution in [0.1, 0.15) is 29.5 Å². The topological polar surface area (TPSA) is 99.7 Å². The molecule has 0 saturated heterocycles. The Kier molecular flexibility index (Phi) is 9.54. The van der Waals surface area contributed by atoms with E-state index in [9.17, 15) is 17.6 Å². The highest BCUT2D eigenvalue weighted by Gasteiger charge is 2.35. The number of halogens is 4. The second-order valence-corrected chi connectivity index (χ2v) is 8.50. The van der Waals surface area contributed by atoms with E-state index in [4.69, 9.17) is 24.6 Å². The third kappa shape index (κ3) is 7.57. The summed E-state index contributed by atoms with van der Waals surface area (Å²) in [5.41, 5.74) is 5.18. The number of hydrogen-bond acceptors (Lipinski definition) is 8. The standard InChI is InChI=1S/C21H22F4N3O4PS/c22-14-4-3-5-15(11-14)30-8-1-2-9-31-18-7-6-13(10-16(18)21(23,24)25)19-27-28-20(34-19)17(26)12-32-33-29/h3-7,10-11,17,29,33H,1-2,8-9,12,26H2. The predicted molar refractivity (Wildman–Crippen MR) is 120 cm³/mol. The Morgan fingerprint density at radius 1 is 1.06 bits per heavy atom. The lowest BCUT2D eigenvalue weighted by Crippen LogP contribution is -2.14. The molecule has 13 heteroatoms. The maximum Gasteiger partial charge on any atom is 0.419 e. The van der Waals surface area contributed by atoms with Gasteiger partial charge in [0, 0.05) is 11.6 Å². The summed E-state index contributed by atoms with van der Waals surface area (Å²) in [5, 5.41) is 8.47. The Balaban J connectivity index is 1.59. The smallest absolute Gasteiger partial charge is 0.419 e. The SMILES string of the molecule is NC(COPO)c1nnc(-c2ccc(OCCCCOc3cccc(F)c3)c(C(F)(F)F)c2)s1. The van der Waals surface area contributed by atoms with Crippen LogP contribution in [0.25, 0.3) is 10.6 Å². The van der Waals surface area contributed by atoms with Crippen LogP contribution in [0, 0.1) is 5.82 Å². The van der Waals surface area contributed by atoms with E-state index in [1.165, 1.54) is 30.3 Å². The normalized spacial score (nSPS) is 12.9. The van der Waals surface area contributed by atoms with Gasteiger partial charge in [0.1, 0.15) is 27.3 Å². The second-order valence-electron chi connectivity index (χ2n) is 7.02. The molecular weight excluding hydrogens is 497 g/mol. The van der Waals surface area contributed by atoms with Crippen LogP contribution in [-0.4, -0.2) is 34.9 Å². The molecule has 3 N–H and O–H groups in total. The number of alkyl halides is 3. The van der Waals surface area contributed by atoms with E-state index in [0.717, 1.165) is 17.4 Å². The number of rotatable bonds is 12. The van der Waals surface area contributed by atoms with Crippen LogP contribution in [-0.2, 0) is 10.7 Å². The van der Waals surface area contributed by atoms with Crippen molar-refractivity contribution >= 4 is 20.4 Å². The van der Waals surface area contributed by atoms with E-state index >= 15 is 0 Å². The summed E-state index contributed by atoms with van der Waals surface area (Å²) in [6.07, 6.45) is -3.67. The molecule has 0 saturated carbocycles. The zero-order chi connectivity index (χ0) is 24.6. The van der Waals surface area contributed by atoms with Crippen LogP contribution in [0.4, 0.5) is 17.6 Å². The van der Waals surface area contributed by atoms with Crippen molar-refractivity contribution in [1.29, 1.82) is 0 Å². The van der Waals surface area contributed by atoms with Gasteiger partial charge in [-0.15, -0.1) is 10.2 Å². The molecule has 34 heavy (non-hydrogen) atoms. The molecule has 2 aromatic carbocycles. The van der Waals surface area contributed by atoms with Crippen LogP contribution in [0.15, 0.2) is 42.5 Å². The van der Waals surface area contributed by atoms with E-state index in [2.05, 4.69) is 10.2 Å². The van der Waals surface area contributed by atoms with Crippen molar-refractivity contribution < 1.29 is 36.5 Å². The van der Waals surface area contributed by atoms with Gasteiger partial charge in [-0.05, 0) is 43.2 Å². The van der Waals surface area contributed by atoms with Crippen molar-refractivity contribution in [2.75, 3.05) is 19.8 Å². The van der Waals surface area contributed by atoms with Crippen molar-refractivity contribution in [2.45, 2.75) is 25.1 Å². The molecule has 184 valence electrons. The third-order valence-corrected chi connectivity index (χ3v) is 5.88. The molecule has 2 unspecified atom stereocenters. The molecule has 0 bridgehead atoms. The molecule has 0 aliphatic heterocycles. The Morgan fingerprint density at radius 3 is 2.53 bits per heavy atom. The summed E-state index contributed by atoms with van der Waals surface area (Å²) in [6, 6.07) is 8.73. The van der Waals surface area contributed by atoms with Crippen molar-refractivity contribution in [3.63, 3.8) is 0 Å².